The van der Waals surface area contributed by atoms with Crippen molar-refractivity contribution in [3.8, 4) is 5.75 Å². The zero-order valence-corrected chi connectivity index (χ0v) is 25.8. The maximum Gasteiger partial charge on any atom is 0.416 e. The summed E-state index contributed by atoms with van der Waals surface area (Å²) < 4.78 is 87.4. The molecule has 0 fully saturated rings. The Kier molecular flexibility index (Phi) is 9.61. The highest BCUT2D eigenvalue weighted by atomic mass is 35.7. The van der Waals surface area contributed by atoms with Gasteiger partial charge in [0.05, 0.1) is 33.2 Å². The Balaban J connectivity index is 1.59. The molecule has 0 saturated carbocycles. The first-order chi connectivity index (χ1) is 21.4. The van der Waals surface area contributed by atoms with Crippen molar-refractivity contribution in [2.24, 2.45) is 0 Å². The summed E-state index contributed by atoms with van der Waals surface area (Å²) in [6.45, 7) is 0. The lowest BCUT2D eigenvalue weighted by atomic mass is 10.0. The molecule has 1 unspecified atom stereocenters. The van der Waals surface area contributed by atoms with Crippen molar-refractivity contribution in [1.82, 2.24) is 0 Å². The normalized spacial score (nSPS) is 13.9. The van der Waals surface area contributed by atoms with Crippen LogP contribution in [-0.4, -0.2) is 12.9 Å². The third kappa shape index (κ3) is 7.37. The third-order valence-corrected chi connectivity index (χ3v) is 11.9. The molecule has 5 rings (SSSR count). The number of benzene rings is 5. The molecule has 0 aliphatic rings. The van der Waals surface area contributed by atoms with E-state index in [1.165, 1.54) is 43.1 Å². The van der Waals surface area contributed by atoms with Gasteiger partial charge in [-0.15, -0.1) is 0 Å². The SMILES string of the molecule is COc1ccc(S(O[Cl+3]([O-])([O-])[O-])(c2ccc(Sc3ccccc3C(=O)c3ccccc3)cc2)c2ccc(C(F)(F)F)cc2)cc1. The molecule has 0 aromatic heterocycles. The van der Waals surface area contributed by atoms with Crippen LogP contribution in [0.1, 0.15) is 21.5 Å². The molecule has 5 aromatic rings. The van der Waals surface area contributed by atoms with Crippen LogP contribution in [0.15, 0.2) is 152 Å². The Morgan fingerprint density at radius 2 is 1.22 bits per heavy atom. The van der Waals surface area contributed by atoms with E-state index in [4.69, 9.17) is 8.47 Å². The van der Waals surface area contributed by atoms with Crippen molar-refractivity contribution in [3.05, 3.63) is 144 Å². The van der Waals surface area contributed by atoms with Gasteiger partial charge in [-0.2, -0.15) is 27.1 Å². The second-order valence-corrected chi connectivity index (χ2v) is 14.4. The lowest BCUT2D eigenvalue weighted by molar-refractivity contribution is -1.91. The second-order valence-electron chi connectivity index (χ2n) is 9.46. The molecule has 0 bridgehead atoms. The minimum atomic E-state index is -5.06. The van der Waals surface area contributed by atoms with E-state index in [2.05, 4.69) is 0 Å². The fourth-order valence-corrected chi connectivity index (χ4v) is 9.67. The van der Waals surface area contributed by atoms with E-state index >= 15 is 0 Å². The first-order valence-electron chi connectivity index (χ1n) is 13.1. The largest absolute Gasteiger partial charge is 0.497 e. The molecule has 45 heavy (non-hydrogen) atoms. The van der Waals surface area contributed by atoms with Gasteiger partial charge in [-0.05, 0) is 84.9 Å². The molecule has 232 valence electrons. The van der Waals surface area contributed by atoms with E-state index in [0.717, 1.165) is 24.3 Å². The Morgan fingerprint density at radius 1 is 0.711 bits per heavy atom. The predicted molar refractivity (Wildman–Crippen MR) is 155 cm³/mol. The van der Waals surface area contributed by atoms with E-state index in [-0.39, 0.29) is 20.5 Å². The Bertz CT molecular complexity index is 1760. The highest BCUT2D eigenvalue weighted by Crippen LogP contribution is 2.70. The number of hydrogen-bond acceptors (Lipinski definition) is 7. The predicted octanol–water partition coefficient (Wildman–Crippen LogP) is 6.21. The Morgan fingerprint density at radius 3 is 1.76 bits per heavy atom. The molecule has 0 amide bonds. The zero-order valence-electron chi connectivity index (χ0n) is 23.4. The summed E-state index contributed by atoms with van der Waals surface area (Å²) >= 11 is 1.30. The Hall–Kier alpha value is -3.81. The van der Waals surface area contributed by atoms with Crippen LogP contribution >= 0.6 is 22.1 Å². The number of alkyl halides is 3. The van der Waals surface area contributed by atoms with Crippen LogP contribution in [0, 0.1) is 10.2 Å². The fourth-order valence-electron chi connectivity index (χ4n) is 4.55. The molecule has 0 heterocycles. The van der Waals surface area contributed by atoms with Gasteiger partial charge in [0.2, 0.25) is 0 Å². The van der Waals surface area contributed by atoms with E-state index < -0.39 is 32.3 Å². The number of methoxy groups -OCH3 is 1. The van der Waals surface area contributed by atoms with Crippen molar-refractivity contribution >= 4 is 27.9 Å². The van der Waals surface area contributed by atoms with Gasteiger partial charge in [-0.3, -0.25) is 4.79 Å². The molecule has 5 aromatic carbocycles. The van der Waals surface area contributed by atoms with Gasteiger partial charge in [0, 0.05) is 35.6 Å². The zero-order chi connectivity index (χ0) is 32.2. The maximum absolute atomic E-state index is 13.4. The molecule has 6 nitrogen and oxygen atoms in total. The lowest BCUT2D eigenvalue weighted by Crippen LogP contribution is -2.61. The smallest absolute Gasteiger partial charge is 0.416 e. The summed E-state index contributed by atoms with van der Waals surface area (Å²) in [6.07, 6.45) is -4.64. The number of hydrogen-bond donors (Lipinski definition) is 0. The molecule has 0 aliphatic carbocycles. The first kappa shape index (κ1) is 32.6. The highest BCUT2D eigenvalue weighted by Gasteiger charge is 2.47. The van der Waals surface area contributed by atoms with Gasteiger partial charge in [-0.25, -0.2) is 0 Å². The fraction of sp³-hybridized carbons (Fsp3) is 0.0606. The summed E-state index contributed by atoms with van der Waals surface area (Å²) in [7, 11) is -7.05. The monoisotopic (exact) mass is 672 g/mol. The maximum atomic E-state index is 13.4. The molecule has 0 aliphatic heterocycles. The average molecular weight is 673 g/mol. The molecule has 1 atom stereocenters. The second kappa shape index (κ2) is 13.3. The molecule has 0 saturated heterocycles. The van der Waals surface area contributed by atoms with Crippen LogP contribution in [0.5, 0.6) is 5.75 Å². The summed E-state index contributed by atoms with van der Waals surface area (Å²) in [5.41, 5.74) is 0.0630. The van der Waals surface area contributed by atoms with E-state index in [9.17, 15) is 31.9 Å². The molecule has 0 N–H and O–H groups in total. The number of carbonyl (C=O) groups excluding carboxylic acids is 1. The number of ether oxygens (including phenoxy) is 1. The molecule has 0 radical (unpaired) electrons. The molecule has 12 heteroatoms. The highest BCUT2D eigenvalue weighted by molar-refractivity contribution is 8.29. The Labute approximate surface area is 265 Å². The summed E-state index contributed by atoms with van der Waals surface area (Å²) in [5, 5.41) is 0. The van der Waals surface area contributed by atoms with Crippen LogP contribution < -0.4 is 18.7 Å². The number of rotatable bonds is 10. The average Bonchev–Trinajstić information content (AvgIpc) is 3.04. The standard InChI is InChI=1S/C33H24ClF3O6S2/c1-42-25-13-19-28(20-14-25)45(43-34(39,40)41,27-17-11-24(12-18-27)33(35,36)37)29-21-15-26(16-22-29)44-31-10-6-5-9-30(31)32(38)23-7-3-2-4-8-23/h2-22H,1H3. The van der Waals surface area contributed by atoms with Crippen LogP contribution in [0.3, 0.4) is 0 Å². The van der Waals surface area contributed by atoms with Crippen molar-refractivity contribution in [2.45, 2.75) is 30.7 Å². The van der Waals surface area contributed by atoms with Gasteiger partial charge >= 0.3 is 6.18 Å². The van der Waals surface area contributed by atoms with Gasteiger partial charge in [-0.1, -0.05) is 54.2 Å². The van der Waals surface area contributed by atoms with E-state index in [0.29, 0.717) is 26.7 Å². The quantitative estimate of drug-likeness (QED) is 0.163. The number of ketones is 1. The first-order valence-corrected chi connectivity index (χ1v) is 16.7. The lowest BCUT2D eigenvalue weighted by Gasteiger charge is -2.35. The number of halogens is 4. The topological polar surface area (TPSA) is 105 Å². The number of carbonyl (C=O) groups is 1. The summed E-state index contributed by atoms with van der Waals surface area (Å²) in [6, 6.07) is 32.3. The van der Waals surface area contributed by atoms with Crippen LogP contribution in [0.4, 0.5) is 13.2 Å². The van der Waals surface area contributed by atoms with Crippen molar-refractivity contribution in [1.29, 1.82) is 0 Å². The summed E-state index contributed by atoms with van der Waals surface area (Å²) in [5.74, 6) is 0.270. The van der Waals surface area contributed by atoms with Crippen molar-refractivity contribution in [2.75, 3.05) is 7.11 Å². The van der Waals surface area contributed by atoms with E-state index in [1.807, 2.05) is 6.07 Å². The van der Waals surface area contributed by atoms with Gasteiger partial charge in [0.25, 0.3) is 0 Å². The minimum absolute atomic E-state index is 0.0480. The third-order valence-electron chi connectivity index (χ3n) is 6.63. The summed E-state index contributed by atoms with van der Waals surface area (Å²) in [4.78, 5) is 15.1. The van der Waals surface area contributed by atoms with Crippen LogP contribution in [-0.2, 0) is 9.91 Å². The molecular formula is C33H24ClF3O6S2. The van der Waals surface area contributed by atoms with Crippen LogP contribution in [0.25, 0.3) is 0 Å². The van der Waals surface area contributed by atoms with Crippen LogP contribution in [0.2, 0.25) is 0 Å². The molecule has 0 spiro atoms. The van der Waals surface area contributed by atoms with Gasteiger partial charge < -0.3 is 4.74 Å². The van der Waals surface area contributed by atoms with E-state index in [1.54, 1.807) is 72.8 Å². The minimum Gasteiger partial charge on any atom is -0.497 e. The van der Waals surface area contributed by atoms with Crippen molar-refractivity contribution < 1.29 is 50.7 Å². The van der Waals surface area contributed by atoms with Gasteiger partial charge in [0.15, 0.2) is 5.78 Å². The molecular weight excluding hydrogens is 649 g/mol. The van der Waals surface area contributed by atoms with Gasteiger partial charge in [0.1, 0.15) is 9.49 Å². The van der Waals surface area contributed by atoms with Crippen molar-refractivity contribution in [3.63, 3.8) is 0 Å².